The van der Waals surface area contributed by atoms with Crippen LogP contribution in [0, 0.1) is 10.4 Å². The maximum Gasteiger partial charge on any atom is 0.264 e. The number of rotatable bonds is 18. The molecule has 0 bridgehead atoms. The monoisotopic (exact) mass is 788 g/mol. The minimum atomic E-state index is -4.41. The first kappa shape index (κ1) is 40.0. The summed E-state index contributed by atoms with van der Waals surface area (Å²) in [5, 5.41) is 34.8. The van der Waals surface area contributed by atoms with Gasteiger partial charge in [0.05, 0.1) is 17.6 Å². The van der Waals surface area contributed by atoms with E-state index in [0.29, 0.717) is 31.9 Å². The second-order valence-corrected chi connectivity index (χ2v) is 15.7. The van der Waals surface area contributed by atoms with Crippen LogP contribution in [0.3, 0.4) is 0 Å². The van der Waals surface area contributed by atoms with Crippen LogP contribution in [0.4, 0.5) is 17.1 Å². The highest BCUT2D eigenvalue weighted by Gasteiger charge is 2.23. The van der Waals surface area contributed by atoms with E-state index in [1.807, 2.05) is 89.7 Å². The topological polar surface area (TPSA) is 155 Å². The average Bonchev–Trinajstić information content (AvgIpc) is 3.20. The van der Waals surface area contributed by atoms with E-state index < -0.39 is 20.7 Å². The molecule has 0 heterocycles. The number of hydrogen-bond acceptors (Lipinski definition) is 10. The molecule has 6 rings (SSSR count). The summed E-state index contributed by atoms with van der Waals surface area (Å²) in [6, 6.07) is 45.7. The Morgan fingerprint density at radius 3 is 2.09 bits per heavy atom. The van der Waals surface area contributed by atoms with Crippen LogP contribution < -0.4 is 30.2 Å². The number of amides is 1. The van der Waals surface area contributed by atoms with Crippen molar-refractivity contribution in [3.8, 4) is 22.6 Å². The lowest BCUT2D eigenvalue weighted by Gasteiger charge is -2.43. The number of benzene rings is 6. The van der Waals surface area contributed by atoms with E-state index in [1.54, 1.807) is 23.9 Å². The van der Waals surface area contributed by atoms with Crippen molar-refractivity contribution in [2.45, 2.75) is 16.3 Å². The molecule has 0 spiro atoms. The van der Waals surface area contributed by atoms with Crippen molar-refractivity contribution in [2.24, 2.45) is 0 Å². The molecule has 13 heteroatoms. The van der Waals surface area contributed by atoms with Crippen LogP contribution in [0.2, 0.25) is 0 Å². The summed E-state index contributed by atoms with van der Waals surface area (Å²) in [6.07, 6.45) is 0. The Balaban J connectivity index is 0.973. The van der Waals surface area contributed by atoms with Crippen LogP contribution in [0.25, 0.3) is 11.1 Å². The van der Waals surface area contributed by atoms with Crippen molar-refractivity contribution in [3.05, 3.63) is 173 Å². The first-order valence-corrected chi connectivity index (χ1v) is 20.4. The fourth-order valence-corrected chi connectivity index (χ4v) is 7.60. The third-order valence-electron chi connectivity index (χ3n) is 8.63. The number of carbonyl (C=O) groups is 1. The number of nitrogens with zero attached hydrogens (tertiary/aromatic N) is 1. The molecular formula is C43H42N5O6S2-. The van der Waals surface area contributed by atoms with Gasteiger partial charge in [-0.3, -0.25) is 4.79 Å². The Labute approximate surface area is 331 Å². The van der Waals surface area contributed by atoms with Gasteiger partial charge >= 0.3 is 0 Å². The molecule has 0 unspecified atom stereocenters. The van der Waals surface area contributed by atoms with Crippen LogP contribution in [0.5, 0.6) is 11.5 Å². The molecule has 6 aromatic carbocycles. The zero-order valence-corrected chi connectivity index (χ0v) is 32.3. The van der Waals surface area contributed by atoms with Gasteiger partial charge in [-0.25, -0.2) is 13.1 Å². The van der Waals surface area contributed by atoms with E-state index in [0.717, 1.165) is 51.9 Å². The van der Waals surface area contributed by atoms with Crippen LogP contribution in [-0.2, 0) is 16.6 Å². The standard InChI is InChI=1S/C43H42N5O6S2/c1-48(50,51)42-30-39(24-25-41(42)46-28-29-55-38-13-6-3-7-14-38)56(52,53)47-43(49)33-16-20-35(21-17-33)45-27-26-44-31-34-10-8-9-15-40(34)32-18-22-37(23-19-32)54-36-11-4-2-5-12-36/h2-25,30,44-46H,26-29,31H2,1H3,(H,47,49)/q-1. The summed E-state index contributed by atoms with van der Waals surface area (Å²) >= 11 is 1.59. The maximum atomic E-state index is 13.2. The van der Waals surface area contributed by atoms with Crippen molar-refractivity contribution in [1.29, 1.82) is 0 Å². The Hall–Kier alpha value is -5.67. The third kappa shape index (κ3) is 11.2. The van der Waals surface area contributed by atoms with Gasteiger partial charge in [-0.2, -0.15) is 0 Å². The number of thioether (sulfide) groups is 1. The number of nitrogens with one attached hydrogen (secondary N) is 4. The second kappa shape index (κ2) is 18.8. The minimum Gasteiger partial charge on any atom is -0.626 e. The van der Waals surface area contributed by atoms with Crippen LogP contribution in [-0.4, -0.2) is 46.8 Å². The molecule has 0 saturated heterocycles. The SMILES string of the molecule is C[N+]([O-])([O-])c1cc(S(=O)(=O)NC(=O)c2ccc(NCCNCc3ccccc3-c3ccc(Oc4ccccc4)cc3)cc2)ccc1NCCSc1ccccc1. The van der Waals surface area contributed by atoms with Gasteiger partial charge in [0, 0.05) is 54.1 Å². The molecule has 6 aromatic rings. The predicted molar refractivity (Wildman–Crippen MR) is 226 cm³/mol. The van der Waals surface area contributed by atoms with E-state index in [4.69, 9.17) is 4.74 Å². The fourth-order valence-electron chi connectivity index (χ4n) is 5.82. The molecule has 0 fully saturated rings. The molecule has 0 radical (unpaired) electrons. The molecule has 0 aliphatic rings. The quantitative estimate of drug-likeness (QED) is 0.0288. The van der Waals surface area contributed by atoms with Crippen LogP contribution >= 0.6 is 11.8 Å². The Morgan fingerprint density at radius 2 is 1.38 bits per heavy atom. The lowest BCUT2D eigenvalue weighted by atomic mass is 9.99. The molecule has 0 aliphatic carbocycles. The number of ether oxygens (including phenoxy) is 1. The van der Waals surface area contributed by atoms with Gasteiger partial charge < -0.3 is 35.9 Å². The molecule has 4 N–H and O–H groups in total. The largest absolute Gasteiger partial charge is 0.626 e. The minimum absolute atomic E-state index is 0.121. The number of hydroxylamine groups is 2. The summed E-state index contributed by atoms with van der Waals surface area (Å²) in [4.78, 5) is 11.6. The molecule has 0 aromatic heterocycles. The summed E-state index contributed by atoms with van der Waals surface area (Å²) in [5.74, 6) is 1.35. The van der Waals surface area contributed by atoms with Gasteiger partial charge in [0.15, 0.2) is 5.69 Å². The van der Waals surface area contributed by atoms with Crippen molar-refractivity contribution >= 4 is 44.8 Å². The fraction of sp³-hybridized carbons (Fsp3) is 0.140. The highest BCUT2D eigenvalue weighted by Crippen LogP contribution is 2.32. The zero-order valence-electron chi connectivity index (χ0n) is 30.7. The Bertz CT molecular complexity index is 2300. The van der Waals surface area contributed by atoms with Crippen LogP contribution in [0.1, 0.15) is 15.9 Å². The molecule has 11 nitrogen and oxygen atoms in total. The van der Waals surface area contributed by atoms with Gasteiger partial charge in [-0.1, -0.05) is 72.8 Å². The van der Waals surface area contributed by atoms with Crippen molar-refractivity contribution in [3.63, 3.8) is 0 Å². The normalized spacial score (nSPS) is 11.5. The molecule has 56 heavy (non-hydrogen) atoms. The molecule has 288 valence electrons. The molecular weight excluding hydrogens is 747 g/mol. The highest BCUT2D eigenvalue weighted by molar-refractivity contribution is 7.99. The lowest BCUT2D eigenvalue weighted by Crippen LogP contribution is -2.33. The van der Waals surface area contributed by atoms with E-state index in [1.165, 1.54) is 24.3 Å². The number of quaternary nitrogens is 1. The summed E-state index contributed by atoms with van der Waals surface area (Å²) in [5.41, 5.74) is 4.14. The number of hydrogen-bond donors (Lipinski definition) is 4. The summed E-state index contributed by atoms with van der Waals surface area (Å²) in [6.45, 7) is 2.34. The van der Waals surface area contributed by atoms with E-state index >= 15 is 0 Å². The maximum absolute atomic E-state index is 13.2. The zero-order chi connectivity index (χ0) is 39.4. The Kier molecular flexibility index (Phi) is 13.4. The predicted octanol–water partition coefficient (Wildman–Crippen LogP) is 8.60. The van der Waals surface area contributed by atoms with Crippen molar-refractivity contribution in [1.82, 2.24) is 14.8 Å². The number of carbonyl (C=O) groups excluding carboxylic acids is 1. The van der Waals surface area contributed by atoms with Crippen molar-refractivity contribution < 1.29 is 17.9 Å². The highest BCUT2D eigenvalue weighted by atomic mass is 32.2. The summed E-state index contributed by atoms with van der Waals surface area (Å²) < 4.78 is 34.3. The van der Waals surface area contributed by atoms with Gasteiger partial charge in [0.25, 0.3) is 15.9 Å². The number of sulfonamides is 1. The Morgan fingerprint density at radius 1 is 0.714 bits per heavy atom. The second-order valence-electron chi connectivity index (χ2n) is 12.8. The first-order valence-electron chi connectivity index (χ1n) is 17.9. The number of para-hydroxylation sites is 1. The first-order chi connectivity index (χ1) is 27.0. The van der Waals surface area contributed by atoms with Crippen LogP contribution in [0.15, 0.2) is 161 Å². The summed E-state index contributed by atoms with van der Waals surface area (Å²) in [7, 11) is -3.54. The average molecular weight is 789 g/mol. The molecule has 0 saturated carbocycles. The lowest BCUT2D eigenvalue weighted by molar-refractivity contribution is 0.0981. The van der Waals surface area contributed by atoms with E-state index in [9.17, 15) is 23.6 Å². The van der Waals surface area contributed by atoms with Crippen molar-refractivity contribution in [2.75, 3.05) is 43.1 Å². The van der Waals surface area contributed by atoms with Gasteiger partial charge in [-0.15, -0.1) is 11.8 Å². The smallest absolute Gasteiger partial charge is 0.264 e. The number of anilines is 2. The molecule has 0 atom stereocenters. The van der Waals surface area contributed by atoms with Gasteiger partial charge in [0.1, 0.15) is 11.5 Å². The molecule has 1 amide bonds. The third-order valence-corrected chi connectivity index (χ3v) is 11.0. The molecule has 0 aliphatic heterocycles. The van der Waals surface area contributed by atoms with E-state index in [-0.39, 0.29) is 21.8 Å². The van der Waals surface area contributed by atoms with Gasteiger partial charge in [0.2, 0.25) is 0 Å². The van der Waals surface area contributed by atoms with Gasteiger partial charge in [-0.05, 0) is 89.5 Å². The van der Waals surface area contributed by atoms with E-state index in [2.05, 4.69) is 40.2 Å².